The molecular formula is C17H27ClN2O2. The molecule has 124 valence electrons. The van der Waals surface area contributed by atoms with Gasteiger partial charge in [0, 0.05) is 17.1 Å². The molecule has 0 spiro atoms. The monoisotopic (exact) mass is 326 g/mol. The van der Waals surface area contributed by atoms with Gasteiger partial charge in [0.15, 0.2) is 6.61 Å². The minimum absolute atomic E-state index is 0.119. The molecule has 0 heterocycles. The van der Waals surface area contributed by atoms with Crippen molar-refractivity contribution in [3.63, 3.8) is 0 Å². The average molecular weight is 327 g/mol. The first-order valence-electron chi connectivity index (χ1n) is 8.03. The molecule has 5 heteroatoms. The molecule has 0 aromatic heterocycles. The number of nitrogens with two attached hydrogens (primary N) is 1. The minimum atomic E-state index is -0.485. The van der Waals surface area contributed by atoms with Crippen molar-refractivity contribution in [2.24, 2.45) is 5.73 Å². The van der Waals surface area contributed by atoms with Crippen molar-refractivity contribution in [1.29, 1.82) is 0 Å². The third kappa shape index (κ3) is 8.25. The van der Waals surface area contributed by atoms with Crippen molar-refractivity contribution in [2.45, 2.75) is 52.0 Å². The fraction of sp³-hybridized carbons (Fsp3) is 0.588. The van der Waals surface area contributed by atoms with Gasteiger partial charge in [0.25, 0.3) is 5.91 Å². The van der Waals surface area contributed by atoms with Crippen LogP contribution in [0.5, 0.6) is 5.75 Å². The Morgan fingerprint density at radius 2 is 1.95 bits per heavy atom. The summed E-state index contributed by atoms with van der Waals surface area (Å²) in [5, 5.41) is 4.05. The molecule has 4 nitrogen and oxygen atoms in total. The molecule has 1 amide bonds. The number of unbranched alkanes of at least 4 members (excludes halogenated alkanes) is 5. The molecule has 1 rings (SSSR count). The third-order valence-corrected chi connectivity index (χ3v) is 3.65. The zero-order valence-electron chi connectivity index (χ0n) is 13.4. The number of carbonyl (C=O) groups is 1. The smallest absolute Gasteiger partial charge is 0.255 e. The number of rotatable bonds is 12. The van der Waals surface area contributed by atoms with E-state index in [1.807, 2.05) is 6.07 Å². The van der Waals surface area contributed by atoms with E-state index in [9.17, 15) is 4.79 Å². The molecule has 0 fully saturated rings. The first kappa shape index (κ1) is 18.8. The molecule has 0 bridgehead atoms. The van der Waals surface area contributed by atoms with Gasteiger partial charge in [-0.25, -0.2) is 0 Å². The van der Waals surface area contributed by atoms with Crippen LogP contribution < -0.4 is 15.8 Å². The summed E-state index contributed by atoms with van der Waals surface area (Å²) in [6, 6.07) is 5.37. The fourth-order valence-corrected chi connectivity index (χ4v) is 2.42. The number of primary amides is 1. The maximum absolute atomic E-state index is 10.8. The molecule has 0 aliphatic rings. The molecule has 1 aromatic rings. The summed E-state index contributed by atoms with van der Waals surface area (Å²) >= 11 is 6.02. The van der Waals surface area contributed by atoms with E-state index >= 15 is 0 Å². The number of ether oxygens (including phenoxy) is 1. The van der Waals surface area contributed by atoms with Crippen LogP contribution in [0.4, 0.5) is 0 Å². The van der Waals surface area contributed by atoms with Crippen LogP contribution in [-0.2, 0) is 11.3 Å². The van der Waals surface area contributed by atoms with Gasteiger partial charge in [-0.15, -0.1) is 0 Å². The standard InChI is InChI=1S/C17H27ClN2O2/c1-2-3-4-5-6-7-10-20-12-14-11-15(18)8-9-16(14)22-13-17(19)21/h8-9,11,20H,2-7,10,12-13H2,1H3,(H2,19,21). The topological polar surface area (TPSA) is 64.3 Å². The van der Waals surface area contributed by atoms with E-state index in [0.717, 1.165) is 12.1 Å². The van der Waals surface area contributed by atoms with Crippen LogP contribution in [0.15, 0.2) is 18.2 Å². The van der Waals surface area contributed by atoms with Crippen molar-refractivity contribution < 1.29 is 9.53 Å². The summed E-state index contributed by atoms with van der Waals surface area (Å²) in [5.74, 6) is 0.166. The first-order valence-corrected chi connectivity index (χ1v) is 8.41. The van der Waals surface area contributed by atoms with Gasteiger partial charge in [-0.05, 0) is 31.2 Å². The lowest BCUT2D eigenvalue weighted by atomic mass is 10.1. The van der Waals surface area contributed by atoms with Gasteiger partial charge >= 0.3 is 0 Å². The summed E-state index contributed by atoms with van der Waals surface area (Å²) in [6.45, 7) is 3.74. The third-order valence-electron chi connectivity index (χ3n) is 3.42. The number of hydrogen-bond donors (Lipinski definition) is 2. The molecule has 1 aromatic carbocycles. The first-order chi connectivity index (χ1) is 10.6. The molecular weight excluding hydrogens is 300 g/mol. The predicted molar refractivity (Wildman–Crippen MR) is 91.2 cm³/mol. The van der Waals surface area contributed by atoms with Crippen LogP contribution in [0.1, 0.15) is 51.0 Å². The summed E-state index contributed by atoms with van der Waals surface area (Å²) in [6.07, 6.45) is 7.67. The number of amides is 1. The second kappa shape index (κ2) is 11.3. The molecule has 0 radical (unpaired) electrons. The maximum atomic E-state index is 10.8. The lowest BCUT2D eigenvalue weighted by Gasteiger charge is -2.12. The second-order valence-electron chi connectivity index (χ2n) is 5.45. The highest BCUT2D eigenvalue weighted by atomic mass is 35.5. The minimum Gasteiger partial charge on any atom is -0.483 e. The Balaban J connectivity index is 2.31. The normalized spacial score (nSPS) is 10.6. The van der Waals surface area contributed by atoms with Gasteiger partial charge in [0.1, 0.15) is 5.75 Å². The van der Waals surface area contributed by atoms with Crippen LogP contribution in [0, 0.1) is 0 Å². The lowest BCUT2D eigenvalue weighted by Crippen LogP contribution is -2.21. The van der Waals surface area contributed by atoms with Crippen LogP contribution in [-0.4, -0.2) is 19.1 Å². The Hall–Kier alpha value is -1.26. The van der Waals surface area contributed by atoms with Gasteiger partial charge < -0.3 is 15.8 Å². The highest BCUT2D eigenvalue weighted by Crippen LogP contribution is 2.22. The molecule has 0 saturated heterocycles. The Morgan fingerprint density at radius 1 is 1.23 bits per heavy atom. The van der Waals surface area contributed by atoms with Gasteiger partial charge in [-0.2, -0.15) is 0 Å². The van der Waals surface area contributed by atoms with Crippen LogP contribution in [0.2, 0.25) is 5.02 Å². The summed E-state index contributed by atoms with van der Waals surface area (Å²) < 4.78 is 5.40. The average Bonchev–Trinajstić information content (AvgIpc) is 2.49. The quantitative estimate of drug-likeness (QED) is 0.576. The highest BCUT2D eigenvalue weighted by molar-refractivity contribution is 6.30. The van der Waals surface area contributed by atoms with Crippen molar-refractivity contribution in [1.82, 2.24) is 5.32 Å². The van der Waals surface area contributed by atoms with Gasteiger partial charge in [0.2, 0.25) is 0 Å². The zero-order valence-corrected chi connectivity index (χ0v) is 14.1. The molecule has 0 saturated carbocycles. The van der Waals surface area contributed by atoms with Crippen molar-refractivity contribution >= 4 is 17.5 Å². The van der Waals surface area contributed by atoms with Gasteiger partial charge in [-0.3, -0.25) is 4.79 Å². The summed E-state index contributed by atoms with van der Waals surface area (Å²) in [5.41, 5.74) is 6.05. The second-order valence-corrected chi connectivity index (χ2v) is 5.89. The SMILES string of the molecule is CCCCCCCCNCc1cc(Cl)ccc1OCC(N)=O. The van der Waals surface area contributed by atoms with Crippen molar-refractivity contribution in [3.8, 4) is 5.75 Å². The van der Waals surface area contributed by atoms with E-state index in [0.29, 0.717) is 17.3 Å². The number of benzene rings is 1. The Bertz CT molecular complexity index is 452. The van der Waals surface area contributed by atoms with Crippen LogP contribution in [0.25, 0.3) is 0 Å². The van der Waals surface area contributed by atoms with Gasteiger partial charge in [0.05, 0.1) is 0 Å². The largest absolute Gasteiger partial charge is 0.483 e. The molecule has 22 heavy (non-hydrogen) atoms. The van der Waals surface area contributed by atoms with Crippen molar-refractivity contribution in [2.75, 3.05) is 13.2 Å². The number of nitrogens with one attached hydrogen (secondary N) is 1. The zero-order chi connectivity index (χ0) is 16.2. The summed E-state index contributed by atoms with van der Waals surface area (Å²) in [4.78, 5) is 10.8. The number of hydrogen-bond acceptors (Lipinski definition) is 3. The Morgan fingerprint density at radius 3 is 2.68 bits per heavy atom. The number of halogens is 1. The highest BCUT2D eigenvalue weighted by Gasteiger charge is 2.06. The molecule has 3 N–H and O–H groups in total. The molecule has 0 aliphatic carbocycles. The fourth-order valence-electron chi connectivity index (χ4n) is 2.23. The van der Waals surface area contributed by atoms with E-state index in [1.165, 1.54) is 38.5 Å². The Kier molecular flexibility index (Phi) is 9.67. The van der Waals surface area contributed by atoms with E-state index in [-0.39, 0.29) is 6.61 Å². The molecule has 0 unspecified atom stereocenters. The van der Waals surface area contributed by atoms with Crippen LogP contribution >= 0.6 is 11.6 Å². The van der Waals surface area contributed by atoms with Crippen LogP contribution in [0.3, 0.4) is 0 Å². The molecule has 0 aliphatic heterocycles. The molecule has 0 atom stereocenters. The predicted octanol–water partition coefficient (Wildman–Crippen LogP) is 3.65. The number of carbonyl (C=O) groups excluding carboxylic acids is 1. The van der Waals surface area contributed by atoms with Gasteiger partial charge in [-0.1, -0.05) is 50.6 Å². The van der Waals surface area contributed by atoms with E-state index in [4.69, 9.17) is 22.1 Å². The van der Waals surface area contributed by atoms with E-state index in [1.54, 1.807) is 12.1 Å². The maximum Gasteiger partial charge on any atom is 0.255 e. The van der Waals surface area contributed by atoms with E-state index in [2.05, 4.69) is 12.2 Å². The van der Waals surface area contributed by atoms with E-state index < -0.39 is 5.91 Å². The van der Waals surface area contributed by atoms with Crippen molar-refractivity contribution in [3.05, 3.63) is 28.8 Å². The summed E-state index contributed by atoms with van der Waals surface area (Å²) in [7, 11) is 0. The Labute approximate surface area is 138 Å². The lowest BCUT2D eigenvalue weighted by molar-refractivity contribution is -0.119.